The molecule has 0 aliphatic heterocycles. The lowest BCUT2D eigenvalue weighted by atomic mass is 9.87. The maximum Gasteiger partial charge on any atom is 0.216 e. The molecular formula is C33H33N2O+. The number of benzene rings is 3. The largest absolute Gasteiger partial charge is 0.454 e. The van der Waals surface area contributed by atoms with Gasteiger partial charge in [0.05, 0.1) is 17.2 Å². The summed E-state index contributed by atoms with van der Waals surface area (Å²) in [5.41, 5.74) is 11.5. The molecule has 0 fully saturated rings. The van der Waals surface area contributed by atoms with Crippen molar-refractivity contribution in [2.45, 2.75) is 48.0 Å². The van der Waals surface area contributed by atoms with E-state index in [1.807, 2.05) is 12.1 Å². The highest BCUT2D eigenvalue weighted by Crippen LogP contribution is 2.42. The number of fused-ring (bicyclic) bond motifs is 3. The van der Waals surface area contributed by atoms with Crippen LogP contribution in [0.15, 0.2) is 65.2 Å². The number of nitriles is 1. The van der Waals surface area contributed by atoms with E-state index in [0.29, 0.717) is 5.56 Å². The van der Waals surface area contributed by atoms with Crippen molar-refractivity contribution in [1.82, 2.24) is 0 Å². The fourth-order valence-corrected chi connectivity index (χ4v) is 5.23. The summed E-state index contributed by atoms with van der Waals surface area (Å²) in [4.78, 5) is 0. The third-order valence-electron chi connectivity index (χ3n) is 7.11. The van der Waals surface area contributed by atoms with E-state index in [1.54, 1.807) is 0 Å². The van der Waals surface area contributed by atoms with Gasteiger partial charge in [-0.15, -0.1) is 0 Å². The number of rotatable bonds is 3. The van der Waals surface area contributed by atoms with Crippen LogP contribution < -0.4 is 4.57 Å². The lowest BCUT2D eigenvalue weighted by Crippen LogP contribution is -2.31. The lowest BCUT2D eigenvalue weighted by molar-refractivity contribution is -0.660. The topological polar surface area (TPSA) is 40.8 Å². The van der Waals surface area contributed by atoms with Gasteiger partial charge < -0.3 is 4.42 Å². The Kier molecular flexibility index (Phi) is 5.72. The highest BCUT2D eigenvalue weighted by Gasteiger charge is 2.24. The van der Waals surface area contributed by atoms with Gasteiger partial charge in [-0.05, 0) is 67.0 Å². The minimum absolute atomic E-state index is 0.219. The van der Waals surface area contributed by atoms with E-state index >= 15 is 0 Å². The van der Waals surface area contributed by atoms with E-state index in [0.717, 1.165) is 56.3 Å². The first-order valence-electron chi connectivity index (χ1n) is 12.5. The Labute approximate surface area is 213 Å². The van der Waals surface area contributed by atoms with E-state index < -0.39 is 0 Å². The smallest absolute Gasteiger partial charge is 0.216 e. The molecule has 5 aromatic rings. The number of nitrogens with zero attached hydrogens (tertiary/aromatic N) is 2. The molecule has 0 N–H and O–H groups in total. The van der Waals surface area contributed by atoms with Crippen molar-refractivity contribution in [3.63, 3.8) is 0 Å². The van der Waals surface area contributed by atoms with Crippen LogP contribution in [0.5, 0.6) is 0 Å². The third kappa shape index (κ3) is 4.07. The average Bonchev–Trinajstić information content (AvgIpc) is 3.19. The van der Waals surface area contributed by atoms with Crippen molar-refractivity contribution in [3.05, 3.63) is 88.6 Å². The van der Waals surface area contributed by atoms with Crippen LogP contribution >= 0.6 is 0 Å². The van der Waals surface area contributed by atoms with Gasteiger partial charge in [-0.3, -0.25) is 0 Å². The molecule has 0 aliphatic carbocycles. The molecule has 3 nitrogen and oxygen atoms in total. The SMILES string of the molecule is Cc1cc(-c2c(C)ccc3c2oc2c(-c4ccc(CC(C)(C)C)cc4)c(C#N)ccc23)[n+](C)cc1C. The van der Waals surface area contributed by atoms with Gasteiger partial charge in [-0.25, -0.2) is 4.57 Å². The van der Waals surface area contributed by atoms with Crippen molar-refractivity contribution >= 4 is 21.9 Å². The Morgan fingerprint density at radius 1 is 0.806 bits per heavy atom. The number of pyridine rings is 1. The van der Waals surface area contributed by atoms with Gasteiger partial charge in [-0.1, -0.05) is 57.2 Å². The molecule has 0 amide bonds. The molecule has 0 saturated carbocycles. The Morgan fingerprint density at radius 2 is 1.44 bits per heavy atom. The van der Waals surface area contributed by atoms with E-state index in [4.69, 9.17) is 4.42 Å². The molecule has 5 rings (SSSR count). The molecule has 0 radical (unpaired) electrons. The van der Waals surface area contributed by atoms with Crippen LogP contribution in [0, 0.1) is 37.5 Å². The predicted molar refractivity (Wildman–Crippen MR) is 148 cm³/mol. The normalized spacial score (nSPS) is 11.8. The summed E-state index contributed by atoms with van der Waals surface area (Å²) in [6.45, 7) is 13.2. The summed E-state index contributed by atoms with van der Waals surface area (Å²) in [6.07, 6.45) is 3.17. The third-order valence-corrected chi connectivity index (χ3v) is 7.11. The Hall–Kier alpha value is -3.90. The van der Waals surface area contributed by atoms with Crippen LogP contribution in [0.4, 0.5) is 0 Å². The number of aryl methyl sites for hydroxylation is 4. The Balaban J connectivity index is 1.78. The molecule has 0 bridgehead atoms. The van der Waals surface area contributed by atoms with Crippen LogP contribution in [0.25, 0.3) is 44.3 Å². The zero-order valence-electron chi connectivity index (χ0n) is 22.3. The Morgan fingerprint density at radius 3 is 2.08 bits per heavy atom. The monoisotopic (exact) mass is 473 g/mol. The fourth-order valence-electron chi connectivity index (χ4n) is 5.23. The molecule has 180 valence electrons. The predicted octanol–water partition coefficient (Wildman–Crippen LogP) is 8.13. The van der Waals surface area contributed by atoms with Crippen molar-refractivity contribution in [2.75, 3.05) is 0 Å². The molecule has 0 unspecified atom stereocenters. The first kappa shape index (κ1) is 23.8. The molecular weight excluding hydrogens is 440 g/mol. The van der Waals surface area contributed by atoms with Crippen molar-refractivity contribution in [3.8, 4) is 28.5 Å². The second-order valence-corrected chi connectivity index (χ2v) is 11.3. The van der Waals surface area contributed by atoms with E-state index in [1.165, 1.54) is 16.7 Å². The first-order chi connectivity index (χ1) is 17.1. The summed E-state index contributed by atoms with van der Waals surface area (Å²) in [6, 6.07) is 21.5. The van der Waals surface area contributed by atoms with Gasteiger partial charge in [0, 0.05) is 28.0 Å². The molecule has 3 aromatic carbocycles. The highest BCUT2D eigenvalue weighted by atomic mass is 16.3. The maximum absolute atomic E-state index is 10.00. The summed E-state index contributed by atoms with van der Waals surface area (Å²) in [5.74, 6) is 0. The zero-order chi connectivity index (χ0) is 25.8. The lowest BCUT2D eigenvalue weighted by Gasteiger charge is -2.18. The first-order valence-corrected chi connectivity index (χ1v) is 12.5. The van der Waals surface area contributed by atoms with Gasteiger partial charge in [0.25, 0.3) is 0 Å². The van der Waals surface area contributed by atoms with Crippen molar-refractivity contribution < 1.29 is 8.98 Å². The minimum Gasteiger partial charge on any atom is -0.454 e. The highest BCUT2D eigenvalue weighted by molar-refractivity contribution is 6.14. The van der Waals surface area contributed by atoms with Crippen LogP contribution in [-0.2, 0) is 13.5 Å². The zero-order valence-corrected chi connectivity index (χ0v) is 22.3. The fraction of sp³-hybridized carbons (Fsp3) is 0.273. The van der Waals surface area contributed by atoms with Gasteiger partial charge in [-0.2, -0.15) is 5.26 Å². The second kappa shape index (κ2) is 8.64. The summed E-state index contributed by atoms with van der Waals surface area (Å²) >= 11 is 0. The molecule has 2 heterocycles. The number of hydrogen-bond donors (Lipinski definition) is 0. The quantitative estimate of drug-likeness (QED) is 0.248. The molecule has 0 saturated heterocycles. The van der Waals surface area contributed by atoms with Crippen LogP contribution in [-0.4, -0.2) is 0 Å². The maximum atomic E-state index is 10.00. The molecule has 2 aromatic heterocycles. The molecule has 36 heavy (non-hydrogen) atoms. The van der Waals surface area contributed by atoms with Gasteiger partial charge in [0.15, 0.2) is 6.20 Å². The van der Waals surface area contributed by atoms with Gasteiger partial charge in [0.2, 0.25) is 5.69 Å². The number of furan rings is 1. The Bertz CT molecular complexity index is 1670. The number of hydrogen-bond acceptors (Lipinski definition) is 2. The van der Waals surface area contributed by atoms with Crippen LogP contribution in [0.2, 0.25) is 0 Å². The van der Waals surface area contributed by atoms with E-state index in [-0.39, 0.29) is 5.41 Å². The molecule has 0 spiro atoms. The molecule has 0 aliphatic rings. The van der Waals surface area contributed by atoms with E-state index in [9.17, 15) is 5.26 Å². The number of aromatic nitrogens is 1. The standard InChI is InChI=1S/C33H33N2O/c1-20-8-14-26-27-15-13-25(18-34)30(24-11-9-23(10-12-24)17-33(4,5)6)32(27)36-31(26)29(20)28-16-21(2)22(3)19-35(28)7/h8-16,19H,17H2,1-7H3/q+1. The summed E-state index contributed by atoms with van der Waals surface area (Å²) < 4.78 is 8.89. The van der Waals surface area contributed by atoms with Crippen molar-refractivity contribution in [1.29, 1.82) is 5.26 Å². The summed E-state index contributed by atoms with van der Waals surface area (Å²) in [5, 5.41) is 12.1. The van der Waals surface area contributed by atoms with Gasteiger partial charge >= 0.3 is 0 Å². The molecule has 0 atom stereocenters. The van der Waals surface area contributed by atoms with Crippen LogP contribution in [0.1, 0.15) is 48.6 Å². The minimum atomic E-state index is 0.219. The van der Waals surface area contributed by atoms with Crippen molar-refractivity contribution in [2.24, 2.45) is 12.5 Å². The average molecular weight is 474 g/mol. The van der Waals surface area contributed by atoms with Gasteiger partial charge in [0.1, 0.15) is 18.2 Å². The summed E-state index contributed by atoms with van der Waals surface area (Å²) in [7, 11) is 2.08. The van der Waals surface area contributed by atoms with E-state index in [2.05, 4.69) is 108 Å². The second-order valence-electron chi connectivity index (χ2n) is 11.3. The van der Waals surface area contributed by atoms with Crippen LogP contribution in [0.3, 0.4) is 0 Å². The molecule has 3 heteroatoms.